The number of allylic oxidation sites excluding steroid dienone is 1. The summed E-state index contributed by atoms with van der Waals surface area (Å²) in [6.45, 7) is 9.12. The molecule has 0 saturated carbocycles. The molecule has 0 saturated heterocycles. The van der Waals surface area contributed by atoms with Crippen LogP contribution in [0.25, 0.3) is 0 Å². The van der Waals surface area contributed by atoms with Crippen molar-refractivity contribution < 1.29 is 0 Å². The third kappa shape index (κ3) is 3.25. The van der Waals surface area contributed by atoms with Gasteiger partial charge in [-0.05, 0) is 12.3 Å². The van der Waals surface area contributed by atoms with Gasteiger partial charge in [-0.3, -0.25) is 4.68 Å². The monoisotopic (exact) mass is 203 g/mol. The maximum atomic E-state index is 8.65. The quantitative estimate of drug-likeness (QED) is 0.690. The SMILES string of the molecule is C=C(Cn1cc(C#N)cn1)C(C)CCC. The van der Waals surface area contributed by atoms with E-state index in [2.05, 4.69) is 31.6 Å². The molecular weight excluding hydrogens is 186 g/mol. The zero-order valence-corrected chi connectivity index (χ0v) is 9.40. The minimum absolute atomic E-state index is 0.518. The minimum atomic E-state index is 0.518. The Morgan fingerprint density at radius 2 is 2.47 bits per heavy atom. The van der Waals surface area contributed by atoms with Gasteiger partial charge in [-0.1, -0.05) is 32.4 Å². The minimum Gasteiger partial charge on any atom is -0.267 e. The van der Waals surface area contributed by atoms with E-state index in [1.54, 1.807) is 17.1 Å². The molecule has 1 unspecified atom stereocenters. The maximum Gasteiger partial charge on any atom is 0.102 e. The summed E-state index contributed by atoms with van der Waals surface area (Å²) in [6, 6.07) is 2.06. The summed E-state index contributed by atoms with van der Waals surface area (Å²) in [5.41, 5.74) is 1.77. The number of hydrogen-bond acceptors (Lipinski definition) is 2. The smallest absolute Gasteiger partial charge is 0.102 e. The highest BCUT2D eigenvalue weighted by Gasteiger charge is 2.07. The number of rotatable bonds is 5. The van der Waals surface area contributed by atoms with Crippen LogP contribution in [0.5, 0.6) is 0 Å². The van der Waals surface area contributed by atoms with Crippen molar-refractivity contribution in [1.82, 2.24) is 9.78 Å². The maximum absolute atomic E-state index is 8.65. The standard InChI is InChI=1S/C12H17N3/c1-4-5-10(2)11(3)8-15-9-12(6-13)7-14-15/h7,9-10H,3-5,8H2,1-2H3. The van der Waals surface area contributed by atoms with Gasteiger partial charge < -0.3 is 0 Å². The van der Waals surface area contributed by atoms with E-state index < -0.39 is 0 Å². The van der Waals surface area contributed by atoms with Crippen molar-refractivity contribution in [3.63, 3.8) is 0 Å². The van der Waals surface area contributed by atoms with Crippen LogP contribution in [0, 0.1) is 17.2 Å². The molecule has 0 aliphatic carbocycles. The Hall–Kier alpha value is -1.56. The summed E-state index contributed by atoms with van der Waals surface area (Å²) in [6.07, 6.45) is 5.66. The van der Waals surface area contributed by atoms with Crippen molar-refractivity contribution >= 4 is 0 Å². The Morgan fingerprint density at radius 1 is 1.73 bits per heavy atom. The van der Waals surface area contributed by atoms with Gasteiger partial charge in [0.2, 0.25) is 0 Å². The highest BCUT2D eigenvalue weighted by Crippen LogP contribution is 2.16. The van der Waals surface area contributed by atoms with Crippen molar-refractivity contribution in [2.75, 3.05) is 0 Å². The Kier molecular flexibility index (Phi) is 4.11. The summed E-state index contributed by atoms with van der Waals surface area (Å²) in [5, 5.41) is 12.8. The lowest BCUT2D eigenvalue weighted by Crippen LogP contribution is -2.07. The van der Waals surface area contributed by atoms with Crippen molar-refractivity contribution in [2.45, 2.75) is 33.2 Å². The topological polar surface area (TPSA) is 41.6 Å². The van der Waals surface area contributed by atoms with Gasteiger partial charge in [-0.2, -0.15) is 10.4 Å². The molecule has 0 amide bonds. The molecule has 1 rings (SSSR count). The van der Waals surface area contributed by atoms with Crippen LogP contribution in [0.4, 0.5) is 0 Å². The first-order chi connectivity index (χ1) is 7.17. The van der Waals surface area contributed by atoms with Gasteiger partial charge in [0.05, 0.1) is 18.3 Å². The van der Waals surface area contributed by atoms with Gasteiger partial charge in [0.15, 0.2) is 0 Å². The first kappa shape index (κ1) is 11.5. The molecule has 0 aliphatic rings. The fourth-order valence-electron chi connectivity index (χ4n) is 1.51. The van der Waals surface area contributed by atoms with E-state index in [1.807, 2.05) is 0 Å². The van der Waals surface area contributed by atoms with Gasteiger partial charge in [0.1, 0.15) is 6.07 Å². The highest BCUT2D eigenvalue weighted by molar-refractivity contribution is 5.22. The van der Waals surface area contributed by atoms with Crippen molar-refractivity contribution in [3.05, 3.63) is 30.1 Å². The Balaban J connectivity index is 2.55. The van der Waals surface area contributed by atoms with Gasteiger partial charge in [0, 0.05) is 6.20 Å². The second-order valence-electron chi connectivity index (χ2n) is 3.89. The van der Waals surface area contributed by atoms with Crippen LogP contribution in [-0.4, -0.2) is 9.78 Å². The zero-order chi connectivity index (χ0) is 11.3. The molecule has 80 valence electrons. The molecule has 0 aliphatic heterocycles. The van der Waals surface area contributed by atoms with Crippen molar-refractivity contribution in [2.24, 2.45) is 5.92 Å². The van der Waals surface area contributed by atoms with Crippen LogP contribution >= 0.6 is 0 Å². The lowest BCUT2D eigenvalue weighted by atomic mass is 9.98. The Bertz CT molecular complexity index is 370. The summed E-state index contributed by atoms with van der Waals surface area (Å²) in [7, 11) is 0. The van der Waals surface area contributed by atoms with Gasteiger partial charge >= 0.3 is 0 Å². The molecule has 1 aromatic rings. The zero-order valence-electron chi connectivity index (χ0n) is 9.40. The molecule has 0 N–H and O–H groups in total. The number of nitrogens with zero attached hydrogens (tertiary/aromatic N) is 3. The van der Waals surface area contributed by atoms with E-state index in [-0.39, 0.29) is 0 Å². The lowest BCUT2D eigenvalue weighted by Gasteiger charge is -2.13. The molecule has 0 bridgehead atoms. The average Bonchev–Trinajstić information content (AvgIpc) is 2.66. The first-order valence-corrected chi connectivity index (χ1v) is 5.27. The Morgan fingerprint density at radius 3 is 3.00 bits per heavy atom. The van der Waals surface area contributed by atoms with E-state index in [4.69, 9.17) is 5.26 Å². The normalized spacial score (nSPS) is 12.1. The molecule has 1 aromatic heterocycles. The van der Waals surface area contributed by atoms with Gasteiger partial charge in [-0.15, -0.1) is 0 Å². The van der Waals surface area contributed by atoms with Crippen LogP contribution in [0.3, 0.4) is 0 Å². The van der Waals surface area contributed by atoms with Crippen molar-refractivity contribution in [3.8, 4) is 6.07 Å². The van der Waals surface area contributed by atoms with Crippen LogP contribution in [0.15, 0.2) is 24.5 Å². The number of hydrogen-bond donors (Lipinski definition) is 0. The summed E-state index contributed by atoms with van der Waals surface area (Å²) in [4.78, 5) is 0. The van der Waals surface area contributed by atoms with Gasteiger partial charge in [-0.25, -0.2) is 0 Å². The summed E-state index contributed by atoms with van der Waals surface area (Å²) < 4.78 is 1.77. The Labute approximate surface area is 91.0 Å². The van der Waals surface area contributed by atoms with Crippen LogP contribution < -0.4 is 0 Å². The van der Waals surface area contributed by atoms with E-state index in [1.165, 1.54) is 12.0 Å². The van der Waals surface area contributed by atoms with E-state index in [9.17, 15) is 0 Å². The molecule has 3 heteroatoms. The molecular formula is C12H17N3. The summed E-state index contributed by atoms with van der Waals surface area (Å²) >= 11 is 0. The second-order valence-corrected chi connectivity index (χ2v) is 3.89. The fraction of sp³-hybridized carbons (Fsp3) is 0.500. The largest absolute Gasteiger partial charge is 0.267 e. The molecule has 0 radical (unpaired) electrons. The van der Waals surface area contributed by atoms with Crippen molar-refractivity contribution in [1.29, 1.82) is 5.26 Å². The third-order valence-corrected chi connectivity index (χ3v) is 2.55. The average molecular weight is 203 g/mol. The molecule has 0 fully saturated rings. The molecule has 15 heavy (non-hydrogen) atoms. The van der Waals surface area contributed by atoms with Crippen LogP contribution in [0.2, 0.25) is 0 Å². The van der Waals surface area contributed by atoms with E-state index in [0.717, 1.165) is 6.42 Å². The van der Waals surface area contributed by atoms with E-state index >= 15 is 0 Å². The molecule has 0 spiro atoms. The molecule has 1 atom stereocenters. The molecule has 1 heterocycles. The number of aromatic nitrogens is 2. The summed E-state index contributed by atoms with van der Waals surface area (Å²) in [5.74, 6) is 0.518. The van der Waals surface area contributed by atoms with E-state index in [0.29, 0.717) is 18.0 Å². The van der Waals surface area contributed by atoms with Crippen LogP contribution in [0.1, 0.15) is 32.3 Å². The predicted octanol–water partition coefficient (Wildman–Crippen LogP) is 2.75. The highest BCUT2D eigenvalue weighted by atomic mass is 15.3. The second kappa shape index (κ2) is 5.35. The van der Waals surface area contributed by atoms with Gasteiger partial charge in [0.25, 0.3) is 0 Å². The van der Waals surface area contributed by atoms with Crippen LogP contribution in [-0.2, 0) is 6.54 Å². The molecule has 3 nitrogen and oxygen atoms in total. The fourth-order valence-corrected chi connectivity index (χ4v) is 1.51. The predicted molar refractivity (Wildman–Crippen MR) is 60.2 cm³/mol. The number of nitriles is 1. The molecule has 0 aromatic carbocycles. The first-order valence-electron chi connectivity index (χ1n) is 5.27. The third-order valence-electron chi connectivity index (χ3n) is 2.55. The lowest BCUT2D eigenvalue weighted by molar-refractivity contribution is 0.543.